The highest BCUT2D eigenvalue weighted by Crippen LogP contribution is 2.64. The first-order valence-corrected chi connectivity index (χ1v) is 20.1. The Hall–Kier alpha value is -5.26. The minimum atomic E-state index is -1.24. The van der Waals surface area contributed by atoms with Gasteiger partial charge in [0.2, 0.25) is 23.6 Å². The van der Waals surface area contributed by atoms with Crippen LogP contribution in [-0.2, 0) is 32.6 Å². The van der Waals surface area contributed by atoms with Crippen LogP contribution in [0.4, 0.5) is 5.82 Å². The van der Waals surface area contributed by atoms with Crippen molar-refractivity contribution in [3.63, 3.8) is 0 Å². The number of amides is 4. The van der Waals surface area contributed by atoms with Gasteiger partial charge in [0.1, 0.15) is 23.0 Å². The average Bonchev–Trinajstić information content (AvgIpc) is 3.83. The van der Waals surface area contributed by atoms with Crippen molar-refractivity contribution in [2.75, 3.05) is 11.4 Å². The average molecular weight is 789 g/mol. The summed E-state index contributed by atoms with van der Waals surface area (Å²) in [5, 5.41) is 27.0. The summed E-state index contributed by atoms with van der Waals surface area (Å²) in [7, 11) is 1.73. The first kappa shape index (κ1) is 36.4. The van der Waals surface area contributed by atoms with Gasteiger partial charge < -0.3 is 10.2 Å². The summed E-state index contributed by atoms with van der Waals surface area (Å²) in [5.41, 5.74) is 4.28. The molecule has 6 unspecified atom stereocenters. The Morgan fingerprint density at radius 3 is 2.34 bits per heavy atom. The third-order valence-electron chi connectivity index (χ3n) is 13.0. The van der Waals surface area contributed by atoms with Gasteiger partial charge >= 0.3 is 0 Å². The summed E-state index contributed by atoms with van der Waals surface area (Å²) < 4.78 is 2.64. The Bertz CT molecular complexity index is 2550. The van der Waals surface area contributed by atoms with Crippen LogP contribution in [0.15, 0.2) is 72.3 Å². The van der Waals surface area contributed by atoms with E-state index in [0.717, 1.165) is 37.2 Å². The number of hydrogen-bond donors (Lipinski definition) is 2. The molecule has 9 rings (SSSR count). The number of nitrogens with zero attached hydrogens (tertiary/aromatic N) is 4. The van der Waals surface area contributed by atoms with Crippen LogP contribution in [0.3, 0.4) is 0 Å². The van der Waals surface area contributed by atoms with Crippen LogP contribution in [0.5, 0.6) is 11.5 Å². The van der Waals surface area contributed by atoms with Crippen molar-refractivity contribution in [3.8, 4) is 22.1 Å². The lowest BCUT2D eigenvalue weighted by molar-refractivity contribution is -0.140. The van der Waals surface area contributed by atoms with Crippen molar-refractivity contribution in [2.45, 2.75) is 52.9 Å². The molecule has 2 aliphatic carbocycles. The number of imide groups is 2. The number of carbonyl (C=O) groups excluding carboxylic acids is 4. The number of phenolic OH excluding ortho intramolecular Hbond substituents is 2. The molecule has 0 spiro atoms. The molecule has 4 amide bonds. The fourth-order valence-corrected chi connectivity index (χ4v) is 11.5. The summed E-state index contributed by atoms with van der Waals surface area (Å²) in [4.78, 5) is 62.0. The maximum atomic E-state index is 15.2. The summed E-state index contributed by atoms with van der Waals surface area (Å²) in [6.07, 6.45) is 3.08. The first-order chi connectivity index (χ1) is 26.7. The fraction of sp³-hybridized carbons (Fsp3) is 0.341. The van der Waals surface area contributed by atoms with Crippen molar-refractivity contribution in [1.82, 2.24) is 14.7 Å². The second kappa shape index (κ2) is 12.9. The summed E-state index contributed by atoms with van der Waals surface area (Å²) in [6.45, 7) is 7.72. The Kier molecular flexibility index (Phi) is 8.38. The number of likely N-dealkylation sites (tertiary alicyclic amines) is 1. The molecule has 12 heteroatoms. The van der Waals surface area contributed by atoms with Crippen molar-refractivity contribution in [3.05, 3.63) is 105 Å². The fourth-order valence-electron chi connectivity index (χ4n) is 10.2. The summed E-state index contributed by atoms with van der Waals surface area (Å²) in [6, 6.07) is 18.1. The highest BCUT2D eigenvalue weighted by Gasteiger charge is 2.68. The predicted molar refractivity (Wildman–Crippen MR) is 215 cm³/mol. The van der Waals surface area contributed by atoms with Gasteiger partial charge in [0.15, 0.2) is 0 Å². The molecule has 2 saturated heterocycles. The number of aromatic hydroxyl groups is 2. The number of thiophene rings is 1. The molecule has 10 nitrogen and oxygen atoms in total. The number of halogens is 1. The molecular weight excluding hydrogens is 748 g/mol. The second-order valence-corrected chi connectivity index (χ2v) is 17.6. The maximum absolute atomic E-state index is 15.2. The molecule has 4 aliphatic rings. The van der Waals surface area contributed by atoms with Crippen LogP contribution in [0.2, 0.25) is 5.02 Å². The van der Waals surface area contributed by atoms with E-state index < -0.39 is 35.0 Å². The predicted octanol–water partition coefficient (Wildman–Crippen LogP) is 7.77. The van der Waals surface area contributed by atoms with E-state index in [1.54, 1.807) is 53.4 Å². The molecule has 56 heavy (non-hydrogen) atoms. The second-order valence-electron chi connectivity index (χ2n) is 16.1. The van der Waals surface area contributed by atoms with Gasteiger partial charge in [-0.05, 0) is 116 Å². The number of carbonyl (C=O) groups is 4. The van der Waals surface area contributed by atoms with Crippen LogP contribution >= 0.6 is 22.9 Å². The van der Waals surface area contributed by atoms with E-state index in [2.05, 4.69) is 0 Å². The van der Waals surface area contributed by atoms with E-state index in [9.17, 15) is 24.6 Å². The Morgan fingerprint density at radius 1 is 0.911 bits per heavy atom. The van der Waals surface area contributed by atoms with Gasteiger partial charge in [-0.2, -0.15) is 5.10 Å². The number of phenols is 2. The normalized spacial score (nSPS) is 25.9. The molecule has 0 bridgehead atoms. The molecular formula is C44H41ClN4O6S. The van der Waals surface area contributed by atoms with Crippen LogP contribution in [0.1, 0.15) is 53.5 Å². The van der Waals surface area contributed by atoms with Crippen LogP contribution < -0.4 is 4.90 Å². The van der Waals surface area contributed by atoms with E-state index in [-0.39, 0.29) is 48.1 Å². The van der Waals surface area contributed by atoms with Crippen LogP contribution in [-0.4, -0.2) is 55.1 Å². The third-order valence-corrected chi connectivity index (χ3v) is 14.5. The Morgan fingerprint density at radius 2 is 1.62 bits per heavy atom. The molecule has 3 aromatic carbocycles. The van der Waals surface area contributed by atoms with E-state index in [4.69, 9.17) is 16.7 Å². The zero-order valence-electron chi connectivity index (χ0n) is 31.7. The number of benzene rings is 3. The smallest absolute Gasteiger partial charge is 0.242 e. The van der Waals surface area contributed by atoms with Gasteiger partial charge in [0, 0.05) is 35.3 Å². The SMILES string of the molecule is Cc1cc(C2C3=CCC4C(=O)N(CCc5ccc(O)cc5)C(=O)C4C3CC3C(=O)N(c4cc(-c5sc6ccc(Cl)cc6c5C)nn4C)C(=O)C32C)cc(C)c1O. The topological polar surface area (TPSA) is 133 Å². The van der Waals surface area contributed by atoms with Crippen molar-refractivity contribution >= 4 is 62.5 Å². The number of aryl methyl sites for hydroxylation is 4. The molecule has 2 aromatic heterocycles. The molecule has 5 aromatic rings. The molecule has 6 atom stereocenters. The number of anilines is 1. The largest absolute Gasteiger partial charge is 0.508 e. The third kappa shape index (κ3) is 5.23. The lowest BCUT2D eigenvalue weighted by Crippen LogP contribution is -2.49. The van der Waals surface area contributed by atoms with Crippen LogP contribution in [0, 0.1) is 49.9 Å². The highest BCUT2D eigenvalue weighted by atomic mass is 35.5. The van der Waals surface area contributed by atoms with E-state index in [0.29, 0.717) is 40.5 Å². The number of fused-ring (bicyclic) bond motifs is 5. The van der Waals surface area contributed by atoms with Gasteiger partial charge in [-0.3, -0.25) is 28.8 Å². The Balaban J connectivity index is 1.12. The van der Waals surface area contributed by atoms with E-state index >= 15 is 4.79 Å². The molecule has 2 N–H and O–H groups in total. The lowest BCUT2D eigenvalue weighted by atomic mass is 9.51. The quantitative estimate of drug-likeness (QED) is 0.133. The van der Waals surface area contributed by atoms with Crippen molar-refractivity contribution < 1.29 is 29.4 Å². The monoisotopic (exact) mass is 788 g/mol. The first-order valence-electron chi connectivity index (χ1n) is 18.9. The molecule has 4 heterocycles. The van der Waals surface area contributed by atoms with Crippen molar-refractivity contribution in [2.24, 2.45) is 36.1 Å². The number of allylic oxidation sites excluding steroid dienone is 2. The van der Waals surface area contributed by atoms with Gasteiger partial charge in [-0.1, -0.05) is 47.5 Å². The summed E-state index contributed by atoms with van der Waals surface area (Å²) >= 11 is 7.90. The lowest BCUT2D eigenvalue weighted by Gasteiger charge is -2.49. The zero-order chi connectivity index (χ0) is 39.5. The van der Waals surface area contributed by atoms with Crippen molar-refractivity contribution in [1.29, 1.82) is 0 Å². The highest BCUT2D eigenvalue weighted by molar-refractivity contribution is 7.22. The van der Waals surface area contributed by atoms with E-state index in [1.165, 1.54) is 9.80 Å². The molecule has 2 aliphatic heterocycles. The molecule has 0 radical (unpaired) electrons. The zero-order valence-corrected chi connectivity index (χ0v) is 33.2. The standard InChI is InChI=1S/C44H41ClN4O6S/c1-21-16-25(17-22(2)38(21)51)37-28-11-12-29-36(42(54)48(40(29)52)15-14-24-6-9-27(50)10-7-24)31(28)19-32-41(53)49(43(55)44(32,37)4)35-20-33(46-47(35)5)39-23(3)30-18-26(45)8-13-34(30)56-39/h6-11,13,16-18,20,29,31-32,36-37,50-51H,12,14-15,19H2,1-5H3. The van der Waals surface area contributed by atoms with Gasteiger partial charge in [0.05, 0.1) is 28.0 Å². The summed E-state index contributed by atoms with van der Waals surface area (Å²) in [5.74, 6) is -3.57. The number of rotatable bonds is 6. The molecule has 286 valence electrons. The molecule has 3 fully saturated rings. The Labute approximate surface area is 333 Å². The molecule has 1 saturated carbocycles. The number of hydrogen-bond acceptors (Lipinski definition) is 8. The minimum absolute atomic E-state index is 0.143. The number of aromatic nitrogens is 2. The van der Waals surface area contributed by atoms with E-state index in [1.807, 2.05) is 64.1 Å². The van der Waals surface area contributed by atoms with Gasteiger partial charge in [0.25, 0.3) is 0 Å². The maximum Gasteiger partial charge on any atom is 0.242 e. The van der Waals surface area contributed by atoms with Gasteiger partial charge in [-0.25, -0.2) is 4.90 Å². The minimum Gasteiger partial charge on any atom is -0.508 e. The van der Waals surface area contributed by atoms with Gasteiger partial charge in [-0.15, -0.1) is 11.3 Å². The van der Waals surface area contributed by atoms with Crippen LogP contribution in [0.25, 0.3) is 20.7 Å².